The molecule has 0 aromatic heterocycles. The third-order valence-corrected chi connectivity index (χ3v) is 12.0. The number of nitrogens with zero attached hydrogens (tertiary/aromatic N) is 1. The molecule has 0 heterocycles. The van der Waals surface area contributed by atoms with Crippen molar-refractivity contribution >= 4 is 17.9 Å². The minimum atomic E-state index is -1.62. The Labute approximate surface area is 418 Å². The molecule has 394 valence electrons. The Morgan fingerprint density at radius 3 is 1.26 bits per heavy atom. The molecular formula is C59H105NO8. The highest BCUT2D eigenvalue weighted by Crippen LogP contribution is 2.16. The summed E-state index contributed by atoms with van der Waals surface area (Å²) in [5.41, 5.74) is 0. The molecule has 0 aromatic rings. The van der Waals surface area contributed by atoms with Crippen LogP contribution in [0.5, 0.6) is 0 Å². The number of aliphatic carboxylic acids is 1. The van der Waals surface area contributed by atoms with Crippen LogP contribution in [0.4, 0.5) is 0 Å². The number of likely N-dealkylation sites (N-methyl/N-ethyl adjacent to an activating group) is 1. The largest absolute Gasteiger partial charge is 0.545 e. The van der Waals surface area contributed by atoms with Gasteiger partial charge in [-0.3, -0.25) is 9.59 Å². The average molecular weight is 956 g/mol. The van der Waals surface area contributed by atoms with Crippen LogP contribution in [-0.2, 0) is 33.3 Å². The molecule has 0 amide bonds. The van der Waals surface area contributed by atoms with Crippen molar-refractivity contribution in [2.45, 2.75) is 251 Å². The Morgan fingerprint density at radius 1 is 0.456 bits per heavy atom. The number of hydrogen-bond acceptors (Lipinski definition) is 8. The first-order chi connectivity index (χ1) is 33.1. The molecule has 0 aliphatic carbocycles. The van der Waals surface area contributed by atoms with Gasteiger partial charge in [-0.25, -0.2) is 0 Å². The molecule has 0 N–H and O–H groups in total. The summed E-state index contributed by atoms with van der Waals surface area (Å²) in [6, 6.07) is 0. The van der Waals surface area contributed by atoms with Crippen molar-refractivity contribution in [3.8, 4) is 0 Å². The first-order valence-electron chi connectivity index (χ1n) is 27.9. The second-order valence-corrected chi connectivity index (χ2v) is 19.8. The second-order valence-electron chi connectivity index (χ2n) is 19.8. The van der Waals surface area contributed by atoms with Crippen LogP contribution in [0, 0.1) is 0 Å². The fourth-order valence-corrected chi connectivity index (χ4v) is 7.70. The highest BCUT2D eigenvalue weighted by molar-refractivity contribution is 5.70. The summed E-state index contributed by atoms with van der Waals surface area (Å²) in [5.74, 6) is -2.29. The highest BCUT2D eigenvalue weighted by Gasteiger charge is 2.22. The molecule has 0 spiro atoms. The van der Waals surface area contributed by atoms with Crippen molar-refractivity contribution in [2.24, 2.45) is 0 Å². The van der Waals surface area contributed by atoms with E-state index in [9.17, 15) is 19.5 Å². The molecule has 0 aliphatic heterocycles. The molecule has 9 heteroatoms. The van der Waals surface area contributed by atoms with E-state index in [0.29, 0.717) is 17.4 Å². The highest BCUT2D eigenvalue weighted by atomic mass is 16.7. The van der Waals surface area contributed by atoms with Gasteiger partial charge >= 0.3 is 11.9 Å². The van der Waals surface area contributed by atoms with E-state index in [0.717, 1.165) is 83.5 Å². The fourth-order valence-electron chi connectivity index (χ4n) is 7.70. The first kappa shape index (κ1) is 65.0. The summed E-state index contributed by atoms with van der Waals surface area (Å²) in [5, 5.41) is 11.8. The van der Waals surface area contributed by atoms with Gasteiger partial charge in [0.1, 0.15) is 13.2 Å². The zero-order valence-electron chi connectivity index (χ0n) is 44.7. The molecule has 2 atom stereocenters. The Kier molecular flexibility index (Phi) is 48.2. The molecule has 68 heavy (non-hydrogen) atoms. The summed E-state index contributed by atoms with van der Waals surface area (Å²) in [6.45, 7) is 4.64. The topological polar surface area (TPSA) is 111 Å². The third-order valence-electron chi connectivity index (χ3n) is 12.0. The van der Waals surface area contributed by atoms with Crippen LogP contribution < -0.4 is 5.11 Å². The van der Waals surface area contributed by atoms with Crippen LogP contribution in [0.25, 0.3) is 0 Å². The summed E-state index contributed by atoms with van der Waals surface area (Å²) in [4.78, 5) is 37.2. The zero-order valence-corrected chi connectivity index (χ0v) is 44.7. The SMILES string of the molecule is CC/C=C\C/C=C\C/C=C\C/C=C\CCCCCCCCCCCCCCCCC(=O)OC(COC(=O)CCCCCCC/C=C\CCCCCCCCC)COC(OCC[N+](C)(C)C)C(=O)[O-]. The van der Waals surface area contributed by atoms with E-state index in [2.05, 4.69) is 74.6 Å². The predicted octanol–water partition coefficient (Wildman–Crippen LogP) is 14.7. The van der Waals surface area contributed by atoms with E-state index in [1.165, 1.54) is 122 Å². The lowest BCUT2D eigenvalue weighted by Crippen LogP contribution is -2.44. The Balaban J connectivity index is 4.23. The third kappa shape index (κ3) is 50.9. The minimum Gasteiger partial charge on any atom is -0.545 e. The smallest absolute Gasteiger partial charge is 0.306 e. The molecule has 2 unspecified atom stereocenters. The number of ether oxygens (including phenoxy) is 4. The van der Waals surface area contributed by atoms with E-state index >= 15 is 0 Å². The molecule has 0 fully saturated rings. The van der Waals surface area contributed by atoms with Crippen molar-refractivity contribution in [3.63, 3.8) is 0 Å². The molecule has 0 saturated carbocycles. The van der Waals surface area contributed by atoms with Gasteiger partial charge in [0.2, 0.25) is 0 Å². The maximum Gasteiger partial charge on any atom is 0.306 e. The molecule has 0 aromatic carbocycles. The summed E-state index contributed by atoms with van der Waals surface area (Å²) >= 11 is 0. The van der Waals surface area contributed by atoms with Crippen LogP contribution >= 0.6 is 0 Å². The molecule has 0 saturated heterocycles. The Hall–Kier alpha value is -3.01. The lowest BCUT2D eigenvalue weighted by molar-refractivity contribution is -0.870. The monoisotopic (exact) mass is 956 g/mol. The van der Waals surface area contributed by atoms with Crippen molar-refractivity contribution in [2.75, 3.05) is 47.5 Å². The lowest BCUT2D eigenvalue weighted by Gasteiger charge is -2.26. The normalized spacial score (nSPS) is 13.2. The number of quaternary nitrogens is 1. The van der Waals surface area contributed by atoms with Gasteiger partial charge in [0.05, 0.1) is 40.3 Å². The van der Waals surface area contributed by atoms with Gasteiger partial charge in [-0.1, -0.05) is 209 Å². The van der Waals surface area contributed by atoms with E-state index in [1.807, 2.05) is 21.1 Å². The molecule has 9 nitrogen and oxygen atoms in total. The number of carboxylic acid groups (broad SMARTS) is 1. The van der Waals surface area contributed by atoms with Crippen LogP contribution in [0.15, 0.2) is 60.8 Å². The van der Waals surface area contributed by atoms with Gasteiger partial charge in [-0.05, 0) is 77.0 Å². The molecule has 0 aliphatic rings. The van der Waals surface area contributed by atoms with E-state index in [1.54, 1.807) is 0 Å². The molecule has 0 radical (unpaired) electrons. The van der Waals surface area contributed by atoms with Gasteiger partial charge in [0, 0.05) is 12.8 Å². The van der Waals surface area contributed by atoms with Crippen LogP contribution in [0.3, 0.4) is 0 Å². The number of allylic oxidation sites excluding steroid dienone is 10. The molecule has 0 bridgehead atoms. The second kappa shape index (κ2) is 50.4. The number of carbonyl (C=O) groups excluding carboxylic acids is 3. The fraction of sp³-hybridized carbons (Fsp3) is 0.780. The van der Waals surface area contributed by atoms with Gasteiger partial charge < -0.3 is 33.3 Å². The molecule has 0 rings (SSSR count). The van der Waals surface area contributed by atoms with Gasteiger partial charge in [-0.2, -0.15) is 0 Å². The van der Waals surface area contributed by atoms with Gasteiger partial charge in [0.15, 0.2) is 12.4 Å². The predicted molar refractivity (Wildman–Crippen MR) is 283 cm³/mol. The Bertz CT molecular complexity index is 1300. The van der Waals surface area contributed by atoms with Crippen molar-refractivity contribution in [3.05, 3.63) is 60.8 Å². The minimum absolute atomic E-state index is 0.145. The zero-order chi connectivity index (χ0) is 49.9. The van der Waals surface area contributed by atoms with Gasteiger partial charge in [-0.15, -0.1) is 0 Å². The van der Waals surface area contributed by atoms with Crippen LogP contribution in [-0.4, -0.2) is 82.3 Å². The van der Waals surface area contributed by atoms with Crippen molar-refractivity contribution < 1.29 is 42.9 Å². The number of carboxylic acids is 1. The maximum absolute atomic E-state index is 12.8. The summed E-state index contributed by atoms with van der Waals surface area (Å²) < 4.78 is 22.7. The summed E-state index contributed by atoms with van der Waals surface area (Å²) in [6.07, 6.45) is 59.8. The standard InChI is InChI=1S/C59H105NO8/c1-6-8-10-12-14-16-18-20-22-24-25-26-27-28-29-30-31-32-33-34-36-38-40-42-44-46-48-50-57(62)68-55(54-67-59(58(63)64)65-52-51-60(3,4)5)53-66-56(61)49-47-45-43-41-39-37-35-23-21-19-17-15-13-11-9-7-2/h8,10,14,16,20,22-23,25-26,35,55,59H,6-7,9,11-13,15,17-19,21,24,27-34,36-54H2,1-5H3/b10-8-,16-14-,22-20-,26-25-,35-23-. The van der Waals surface area contributed by atoms with E-state index < -0.39 is 24.3 Å². The van der Waals surface area contributed by atoms with Gasteiger partial charge in [0.25, 0.3) is 0 Å². The lowest BCUT2D eigenvalue weighted by atomic mass is 10.0. The number of esters is 2. The number of rotatable bonds is 51. The summed E-state index contributed by atoms with van der Waals surface area (Å²) in [7, 11) is 5.92. The quantitative estimate of drug-likeness (QED) is 0.0195. The maximum atomic E-state index is 12.8. The Morgan fingerprint density at radius 2 is 0.838 bits per heavy atom. The average Bonchev–Trinajstić information content (AvgIpc) is 3.30. The van der Waals surface area contributed by atoms with E-state index in [-0.39, 0.29) is 38.6 Å². The number of carbonyl (C=O) groups is 3. The van der Waals surface area contributed by atoms with Crippen LogP contribution in [0.1, 0.15) is 239 Å². The van der Waals surface area contributed by atoms with E-state index in [4.69, 9.17) is 18.9 Å². The molecular weight excluding hydrogens is 851 g/mol. The number of unbranched alkanes of at least 4 members (excludes halogenated alkanes) is 26. The van der Waals surface area contributed by atoms with Crippen molar-refractivity contribution in [1.29, 1.82) is 0 Å². The first-order valence-corrected chi connectivity index (χ1v) is 27.9. The van der Waals surface area contributed by atoms with Crippen molar-refractivity contribution in [1.82, 2.24) is 0 Å². The number of hydrogen-bond donors (Lipinski definition) is 0. The van der Waals surface area contributed by atoms with Crippen LogP contribution in [0.2, 0.25) is 0 Å².